The maximum absolute atomic E-state index is 12.4. The summed E-state index contributed by atoms with van der Waals surface area (Å²) in [6, 6.07) is 14.3. The summed E-state index contributed by atoms with van der Waals surface area (Å²) in [6.07, 6.45) is -0.436. The van der Waals surface area contributed by atoms with E-state index in [0.29, 0.717) is 6.54 Å². The Balaban J connectivity index is 1.99. The number of aryl methyl sites for hydroxylation is 1. The molecule has 2 rings (SSSR count). The first-order valence-corrected chi connectivity index (χ1v) is 7.80. The Hall–Kier alpha value is -2.33. The van der Waals surface area contributed by atoms with Gasteiger partial charge in [0, 0.05) is 6.54 Å². The van der Waals surface area contributed by atoms with E-state index in [2.05, 4.69) is 0 Å². The van der Waals surface area contributed by atoms with Crippen molar-refractivity contribution in [1.29, 1.82) is 0 Å². The highest BCUT2D eigenvalue weighted by atomic mass is 16.3. The van der Waals surface area contributed by atoms with E-state index in [1.807, 2.05) is 38.1 Å². The topological polar surface area (TPSA) is 60.8 Å². The molecule has 122 valence electrons. The number of amides is 1. The number of carbonyl (C=O) groups is 1. The normalized spacial score (nSPS) is 12.0. The molecule has 4 heteroatoms. The number of rotatable bonds is 6. The Morgan fingerprint density at radius 2 is 1.70 bits per heavy atom. The molecule has 2 N–H and O–H groups in total. The molecule has 2 aromatic rings. The van der Waals surface area contributed by atoms with E-state index in [4.69, 9.17) is 0 Å². The summed E-state index contributed by atoms with van der Waals surface area (Å²) in [5.41, 5.74) is 2.79. The third-order valence-corrected chi connectivity index (χ3v) is 3.88. The largest absolute Gasteiger partial charge is 0.508 e. The molecule has 1 amide bonds. The summed E-state index contributed by atoms with van der Waals surface area (Å²) in [5.74, 6) is 0.146. The number of hydrogen-bond acceptors (Lipinski definition) is 3. The molecular weight excluding hydrogens is 290 g/mol. The monoisotopic (exact) mass is 313 g/mol. The predicted octanol–water partition coefficient (Wildman–Crippen LogP) is 2.83. The van der Waals surface area contributed by atoms with Crippen LogP contribution < -0.4 is 0 Å². The molecule has 0 spiro atoms. The van der Waals surface area contributed by atoms with Gasteiger partial charge in [-0.2, -0.15) is 0 Å². The highest BCUT2D eigenvalue weighted by Gasteiger charge is 2.17. The summed E-state index contributed by atoms with van der Waals surface area (Å²) in [7, 11) is 0. The van der Waals surface area contributed by atoms with Crippen molar-refractivity contribution in [2.45, 2.75) is 26.4 Å². The molecule has 1 atom stereocenters. The van der Waals surface area contributed by atoms with Crippen LogP contribution in [-0.2, 0) is 11.2 Å². The van der Waals surface area contributed by atoms with Crippen LogP contribution in [0.3, 0.4) is 0 Å². The van der Waals surface area contributed by atoms with Gasteiger partial charge in [0.05, 0.1) is 19.1 Å². The first kappa shape index (κ1) is 17.0. The average Bonchev–Trinajstić information content (AvgIpc) is 2.55. The van der Waals surface area contributed by atoms with Crippen molar-refractivity contribution in [3.63, 3.8) is 0 Å². The minimum absolute atomic E-state index is 0.0376. The number of nitrogens with zero attached hydrogens (tertiary/aromatic N) is 1. The van der Waals surface area contributed by atoms with E-state index in [0.717, 1.165) is 16.7 Å². The number of carbonyl (C=O) groups excluding carboxylic acids is 1. The van der Waals surface area contributed by atoms with Crippen LogP contribution in [0.4, 0.5) is 0 Å². The van der Waals surface area contributed by atoms with E-state index in [-0.39, 0.29) is 24.6 Å². The Morgan fingerprint density at radius 3 is 2.26 bits per heavy atom. The molecule has 4 nitrogen and oxygen atoms in total. The van der Waals surface area contributed by atoms with E-state index in [1.54, 1.807) is 29.2 Å². The molecule has 23 heavy (non-hydrogen) atoms. The molecule has 0 radical (unpaired) electrons. The zero-order chi connectivity index (χ0) is 16.8. The summed E-state index contributed by atoms with van der Waals surface area (Å²) in [4.78, 5) is 14.1. The number of aromatic hydroxyl groups is 1. The smallest absolute Gasteiger partial charge is 0.227 e. The van der Waals surface area contributed by atoms with Crippen molar-refractivity contribution in [1.82, 2.24) is 4.90 Å². The van der Waals surface area contributed by atoms with E-state index in [1.165, 1.54) is 0 Å². The molecular formula is C19H23NO3. The number of phenolic OH excluding ortho intramolecular Hbond substituents is 1. The first-order chi connectivity index (χ1) is 11.0. The quantitative estimate of drug-likeness (QED) is 0.862. The van der Waals surface area contributed by atoms with Crippen molar-refractivity contribution >= 4 is 5.91 Å². The van der Waals surface area contributed by atoms with Gasteiger partial charge in [-0.05, 0) is 37.1 Å². The molecule has 0 fully saturated rings. The van der Waals surface area contributed by atoms with Gasteiger partial charge in [0.2, 0.25) is 5.91 Å². The average molecular weight is 313 g/mol. The highest BCUT2D eigenvalue weighted by molar-refractivity contribution is 5.78. The number of phenols is 1. The van der Waals surface area contributed by atoms with Gasteiger partial charge in [0.15, 0.2) is 0 Å². The molecule has 0 aromatic heterocycles. The Morgan fingerprint density at radius 1 is 1.09 bits per heavy atom. The maximum Gasteiger partial charge on any atom is 0.227 e. The van der Waals surface area contributed by atoms with Gasteiger partial charge >= 0.3 is 0 Å². The van der Waals surface area contributed by atoms with Gasteiger partial charge in [-0.25, -0.2) is 0 Å². The molecule has 0 saturated heterocycles. The Kier molecular flexibility index (Phi) is 5.77. The molecule has 0 heterocycles. The lowest BCUT2D eigenvalue weighted by atomic mass is 10.1. The van der Waals surface area contributed by atoms with Crippen LogP contribution in [0.5, 0.6) is 5.75 Å². The summed E-state index contributed by atoms with van der Waals surface area (Å²) in [5, 5.41) is 19.6. The third-order valence-electron chi connectivity index (χ3n) is 3.88. The van der Waals surface area contributed by atoms with E-state index >= 15 is 0 Å². The molecule has 0 aliphatic heterocycles. The summed E-state index contributed by atoms with van der Waals surface area (Å²) < 4.78 is 0. The summed E-state index contributed by atoms with van der Waals surface area (Å²) in [6.45, 7) is 4.71. The van der Waals surface area contributed by atoms with Crippen molar-refractivity contribution < 1.29 is 15.0 Å². The molecule has 0 aliphatic rings. The van der Waals surface area contributed by atoms with Gasteiger partial charge in [0.25, 0.3) is 0 Å². The Labute approximate surface area is 137 Å². The van der Waals surface area contributed by atoms with Gasteiger partial charge in [0.1, 0.15) is 5.75 Å². The fourth-order valence-corrected chi connectivity index (χ4v) is 2.41. The van der Waals surface area contributed by atoms with Crippen LogP contribution in [0.25, 0.3) is 0 Å². The molecule has 0 saturated carbocycles. The maximum atomic E-state index is 12.4. The van der Waals surface area contributed by atoms with Crippen molar-refractivity contribution in [2.24, 2.45) is 0 Å². The molecule has 0 aliphatic carbocycles. The van der Waals surface area contributed by atoms with Crippen molar-refractivity contribution in [3.8, 4) is 5.75 Å². The fraction of sp³-hybridized carbons (Fsp3) is 0.316. The molecule has 0 bridgehead atoms. The van der Waals surface area contributed by atoms with Gasteiger partial charge in [-0.15, -0.1) is 0 Å². The van der Waals surface area contributed by atoms with Gasteiger partial charge in [-0.3, -0.25) is 4.79 Å². The number of aliphatic hydroxyl groups is 1. The van der Waals surface area contributed by atoms with Gasteiger partial charge < -0.3 is 15.1 Å². The predicted molar refractivity (Wildman–Crippen MR) is 90.2 cm³/mol. The number of hydrogen-bond donors (Lipinski definition) is 2. The number of likely N-dealkylation sites (N-methyl/N-ethyl adjacent to an activating group) is 1. The number of benzene rings is 2. The number of aliphatic hydroxyl groups excluding tert-OH is 1. The van der Waals surface area contributed by atoms with Crippen LogP contribution in [0.2, 0.25) is 0 Å². The standard InChI is InChI=1S/C19H23NO3/c1-3-20(13-18(22)16-8-4-14(2)5-9-16)19(23)12-15-6-10-17(21)11-7-15/h4-11,18,21-22H,3,12-13H2,1-2H3. The lowest BCUT2D eigenvalue weighted by Gasteiger charge is -2.24. The lowest BCUT2D eigenvalue weighted by molar-refractivity contribution is -0.131. The zero-order valence-electron chi connectivity index (χ0n) is 13.6. The second-order valence-corrected chi connectivity index (χ2v) is 5.70. The third kappa shape index (κ3) is 4.83. The minimum Gasteiger partial charge on any atom is -0.508 e. The van der Waals surface area contributed by atoms with Crippen LogP contribution >= 0.6 is 0 Å². The van der Waals surface area contributed by atoms with E-state index < -0.39 is 6.10 Å². The SMILES string of the molecule is CCN(CC(O)c1ccc(C)cc1)C(=O)Cc1ccc(O)cc1. The molecule has 1 unspecified atom stereocenters. The fourth-order valence-electron chi connectivity index (χ4n) is 2.41. The van der Waals surface area contributed by atoms with Crippen molar-refractivity contribution in [3.05, 3.63) is 65.2 Å². The van der Waals surface area contributed by atoms with Crippen LogP contribution in [0.1, 0.15) is 29.7 Å². The van der Waals surface area contributed by atoms with E-state index in [9.17, 15) is 15.0 Å². The van der Waals surface area contributed by atoms with Crippen LogP contribution in [-0.4, -0.2) is 34.1 Å². The van der Waals surface area contributed by atoms with Crippen LogP contribution in [0, 0.1) is 6.92 Å². The minimum atomic E-state index is -0.695. The summed E-state index contributed by atoms with van der Waals surface area (Å²) >= 11 is 0. The molecule has 2 aromatic carbocycles. The highest BCUT2D eigenvalue weighted by Crippen LogP contribution is 2.16. The second kappa shape index (κ2) is 7.79. The zero-order valence-corrected chi connectivity index (χ0v) is 13.6. The van der Waals surface area contributed by atoms with Crippen molar-refractivity contribution in [2.75, 3.05) is 13.1 Å². The lowest BCUT2D eigenvalue weighted by Crippen LogP contribution is -2.35. The first-order valence-electron chi connectivity index (χ1n) is 7.80. The van der Waals surface area contributed by atoms with Crippen LogP contribution in [0.15, 0.2) is 48.5 Å². The van der Waals surface area contributed by atoms with Gasteiger partial charge in [-0.1, -0.05) is 42.0 Å². The second-order valence-electron chi connectivity index (χ2n) is 5.70. The Bertz CT molecular complexity index is 635.